The van der Waals surface area contributed by atoms with Crippen LogP contribution in [0.3, 0.4) is 0 Å². The molecule has 3 heterocycles. The molecule has 0 aromatic heterocycles. The standard InChI is InChI=1S/C79H145NO18/c1-3-5-7-9-11-13-15-17-19-21-23-24-25-26-27-28-29-30-31-32-33-34-35-36-37-38-39-41-43-45-47-49-51-53-55-57-67(85)80-62(63(84)56-54-52-50-48-46-44-42-40-22-20-18-16-14-12-10-8-6-4-2)61-93-77-73(91)70(88)75(65(59-82)95-77)98-79-74(92)71(89)76(66(60-83)96-79)97-78-72(90)69(87)68(86)64(58-81)94-78/h15,17,21,23,46,48,54,56,62-66,68-79,81-84,86-92H,3-14,16,18-20,22,24-45,47,49-53,55,57-61H2,1-2H3,(H,80,85)/b17-15-,23-21-,48-46+,56-54+. The van der Waals surface area contributed by atoms with Gasteiger partial charge in [-0.2, -0.15) is 0 Å². The van der Waals surface area contributed by atoms with E-state index in [2.05, 4.69) is 55.6 Å². The highest BCUT2D eigenvalue weighted by molar-refractivity contribution is 5.76. The van der Waals surface area contributed by atoms with Crippen LogP contribution in [0.5, 0.6) is 0 Å². The number of aliphatic hydroxyl groups excluding tert-OH is 11. The van der Waals surface area contributed by atoms with Crippen molar-refractivity contribution in [2.75, 3.05) is 26.4 Å². The van der Waals surface area contributed by atoms with E-state index in [0.717, 1.165) is 44.9 Å². The van der Waals surface area contributed by atoms with E-state index in [1.165, 1.54) is 238 Å². The van der Waals surface area contributed by atoms with Crippen molar-refractivity contribution in [3.05, 3.63) is 48.6 Å². The lowest BCUT2D eigenvalue weighted by Crippen LogP contribution is -2.66. The third-order valence-corrected chi connectivity index (χ3v) is 19.8. The molecule has 12 N–H and O–H groups in total. The first-order valence-corrected chi connectivity index (χ1v) is 39.9. The zero-order valence-corrected chi connectivity index (χ0v) is 61.3. The second-order valence-corrected chi connectivity index (χ2v) is 28.5. The van der Waals surface area contributed by atoms with E-state index in [-0.39, 0.29) is 18.9 Å². The number of nitrogens with one attached hydrogen (secondary N) is 1. The van der Waals surface area contributed by atoms with Crippen molar-refractivity contribution in [1.29, 1.82) is 0 Å². The van der Waals surface area contributed by atoms with Gasteiger partial charge in [-0.3, -0.25) is 4.79 Å². The second-order valence-electron chi connectivity index (χ2n) is 28.5. The molecule has 3 aliphatic rings. The smallest absolute Gasteiger partial charge is 0.220 e. The van der Waals surface area contributed by atoms with Crippen molar-refractivity contribution in [3.63, 3.8) is 0 Å². The predicted molar refractivity (Wildman–Crippen MR) is 388 cm³/mol. The second kappa shape index (κ2) is 60.1. The molecule has 0 spiro atoms. The maximum atomic E-state index is 13.5. The zero-order valence-electron chi connectivity index (χ0n) is 61.3. The average molecular weight is 1400 g/mol. The molecular formula is C79H145NO18. The average Bonchev–Trinajstić information content (AvgIpc) is 0.785. The van der Waals surface area contributed by atoms with Gasteiger partial charge < -0.3 is 89.9 Å². The highest BCUT2D eigenvalue weighted by Gasteiger charge is 2.54. The molecule has 17 unspecified atom stereocenters. The van der Waals surface area contributed by atoms with Crippen LogP contribution in [-0.2, 0) is 33.2 Å². The van der Waals surface area contributed by atoms with Crippen molar-refractivity contribution in [3.8, 4) is 0 Å². The van der Waals surface area contributed by atoms with E-state index in [4.69, 9.17) is 28.4 Å². The molecule has 0 aliphatic carbocycles. The Morgan fingerprint density at radius 2 is 0.684 bits per heavy atom. The first kappa shape index (κ1) is 90.0. The van der Waals surface area contributed by atoms with Crippen LogP contribution >= 0.6 is 0 Å². The fraction of sp³-hybridized carbons (Fsp3) is 0.886. The van der Waals surface area contributed by atoms with Crippen molar-refractivity contribution in [1.82, 2.24) is 5.32 Å². The monoisotopic (exact) mass is 1400 g/mol. The van der Waals surface area contributed by atoms with E-state index in [0.29, 0.717) is 12.8 Å². The van der Waals surface area contributed by atoms with E-state index in [1.807, 2.05) is 6.08 Å². The number of rotatable bonds is 63. The van der Waals surface area contributed by atoms with Crippen LogP contribution in [0.2, 0.25) is 0 Å². The molecule has 3 fully saturated rings. The van der Waals surface area contributed by atoms with Gasteiger partial charge in [0.15, 0.2) is 18.9 Å². The number of hydrogen-bond donors (Lipinski definition) is 12. The van der Waals surface area contributed by atoms with Gasteiger partial charge in [-0.1, -0.05) is 294 Å². The number of unbranched alkanes of at least 4 members (excludes halogenated alkanes) is 41. The molecule has 98 heavy (non-hydrogen) atoms. The first-order valence-electron chi connectivity index (χ1n) is 39.9. The molecule has 19 nitrogen and oxygen atoms in total. The molecule has 17 atom stereocenters. The number of hydrogen-bond acceptors (Lipinski definition) is 18. The van der Waals surface area contributed by atoms with Crippen LogP contribution in [0.1, 0.15) is 316 Å². The molecular weight excluding hydrogens is 1250 g/mol. The summed E-state index contributed by atoms with van der Waals surface area (Å²) in [6.45, 7) is 1.74. The minimum Gasteiger partial charge on any atom is -0.394 e. The lowest BCUT2D eigenvalue weighted by atomic mass is 9.96. The summed E-state index contributed by atoms with van der Waals surface area (Å²) in [4.78, 5) is 13.5. The third-order valence-electron chi connectivity index (χ3n) is 19.8. The number of allylic oxidation sites excluding steroid dienone is 7. The minimum atomic E-state index is -1.98. The quantitative estimate of drug-likeness (QED) is 0.0199. The highest BCUT2D eigenvalue weighted by Crippen LogP contribution is 2.33. The Morgan fingerprint density at radius 3 is 1.08 bits per heavy atom. The van der Waals surface area contributed by atoms with E-state index < -0.39 is 124 Å². The Hall–Kier alpha value is -2.25. The van der Waals surface area contributed by atoms with Crippen LogP contribution in [0, 0.1) is 0 Å². The molecule has 1 amide bonds. The van der Waals surface area contributed by atoms with Crippen LogP contribution in [0.4, 0.5) is 0 Å². The van der Waals surface area contributed by atoms with Crippen LogP contribution in [0.25, 0.3) is 0 Å². The molecule has 19 heteroatoms. The zero-order chi connectivity index (χ0) is 71.1. The van der Waals surface area contributed by atoms with Gasteiger partial charge >= 0.3 is 0 Å². The van der Waals surface area contributed by atoms with Gasteiger partial charge in [0, 0.05) is 6.42 Å². The van der Waals surface area contributed by atoms with Gasteiger partial charge in [0.2, 0.25) is 5.91 Å². The molecule has 0 saturated carbocycles. The Balaban J connectivity index is 1.34. The maximum Gasteiger partial charge on any atom is 0.220 e. The molecule has 0 aromatic rings. The molecule has 0 aromatic carbocycles. The minimum absolute atomic E-state index is 0.238. The third kappa shape index (κ3) is 40.1. The maximum absolute atomic E-state index is 13.5. The van der Waals surface area contributed by atoms with E-state index in [1.54, 1.807) is 6.08 Å². The summed E-state index contributed by atoms with van der Waals surface area (Å²) >= 11 is 0. The predicted octanol–water partition coefficient (Wildman–Crippen LogP) is 12.9. The summed E-state index contributed by atoms with van der Waals surface area (Å²) in [7, 11) is 0. The summed E-state index contributed by atoms with van der Waals surface area (Å²) < 4.78 is 34.4. The van der Waals surface area contributed by atoms with Crippen molar-refractivity contribution in [2.24, 2.45) is 0 Å². The van der Waals surface area contributed by atoms with Gasteiger partial charge in [-0.05, 0) is 64.2 Å². The van der Waals surface area contributed by atoms with Gasteiger partial charge in [0.05, 0.1) is 38.6 Å². The Kier molecular flexibility index (Phi) is 55.1. The van der Waals surface area contributed by atoms with Crippen molar-refractivity contribution >= 4 is 5.91 Å². The van der Waals surface area contributed by atoms with Crippen LogP contribution in [-0.4, -0.2) is 193 Å². The Morgan fingerprint density at radius 1 is 0.367 bits per heavy atom. The summed E-state index contributed by atoms with van der Waals surface area (Å²) in [6, 6.07) is -0.990. The Labute approximate surface area is 593 Å². The van der Waals surface area contributed by atoms with Gasteiger partial charge in [-0.15, -0.1) is 0 Å². The molecule has 0 radical (unpaired) electrons. The topological polar surface area (TPSA) is 307 Å². The summed E-state index contributed by atoms with van der Waals surface area (Å²) in [5, 5.41) is 121. The number of aliphatic hydroxyl groups is 11. The number of carbonyl (C=O) groups excluding carboxylic acids is 1. The molecule has 574 valence electrons. The van der Waals surface area contributed by atoms with Gasteiger partial charge in [0.25, 0.3) is 0 Å². The largest absolute Gasteiger partial charge is 0.394 e. The molecule has 3 rings (SSSR count). The summed E-state index contributed by atoms with van der Waals surface area (Å²) in [5.74, 6) is -0.280. The fourth-order valence-corrected chi connectivity index (χ4v) is 13.4. The number of ether oxygens (including phenoxy) is 6. The lowest BCUT2D eigenvalue weighted by molar-refractivity contribution is -0.379. The Bertz CT molecular complexity index is 1960. The van der Waals surface area contributed by atoms with Gasteiger partial charge in [-0.25, -0.2) is 0 Å². The van der Waals surface area contributed by atoms with Crippen LogP contribution < -0.4 is 5.32 Å². The molecule has 3 saturated heterocycles. The highest BCUT2D eigenvalue weighted by atomic mass is 16.8. The van der Waals surface area contributed by atoms with E-state index in [9.17, 15) is 61.0 Å². The first-order chi connectivity index (χ1) is 47.8. The molecule has 0 bridgehead atoms. The normalized spacial score (nSPS) is 27.0. The lowest BCUT2D eigenvalue weighted by Gasteiger charge is -2.48. The number of carbonyl (C=O) groups is 1. The fourth-order valence-electron chi connectivity index (χ4n) is 13.4. The molecule has 3 aliphatic heterocycles. The van der Waals surface area contributed by atoms with Crippen molar-refractivity contribution in [2.45, 2.75) is 420 Å². The SMILES string of the molecule is CCCCCCC/C=C\C/C=C\CCCCCCCCCCCCCCCCCCCCCCCCCC(=O)NC(COC1OC(CO)C(OC2OC(CO)C(OC3OC(CO)C(O)C(O)C3O)C(O)C2O)C(O)C1O)C(O)/C=C/CC/C=C/CCCCCCCCCCCCCC. The van der Waals surface area contributed by atoms with Gasteiger partial charge in [0.1, 0.15) is 73.2 Å². The van der Waals surface area contributed by atoms with E-state index >= 15 is 0 Å². The van der Waals surface area contributed by atoms with Crippen LogP contribution in [0.15, 0.2) is 48.6 Å². The number of amides is 1. The summed E-state index contributed by atoms with van der Waals surface area (Å²) in [6.07, 6.45) is 48.3. The van der Waals surface area contributed by atoms with Crippen molar-refractivity contribution < 1.29 is 89.4 Å². The summed E-state index contributed by atoms with van der Waals surface area (Å²) in [5.41, 5.74) is 0.